The van der Waals surface area contributed by atoms with Gasteiger partial charge in [-0.05, 0) is 19.3 Å². The fourth-order valence-corrected chi connectivity index (χ4v) is 2.59. The van der Waals surface area contributed by atoms with E-state index >= 15 is 0 Å². The Morgan fingerprint density at radius 2 is 2.10 bits per heavy atom. The number of hydrogen-bond donors (Lipinski definition) is 1. The molecule has 0 N–H and O–H groups in total. The number of thiol groups is 1. The van der Waals surface area contributed by atoms with Crippen molar-refractivity contribution in [1.82, 2.24) is 4.90 Å². The number of unbranched alkanes of at least 4 members (excludes halogenated alkanes) is 3. The minimum atomic E-state index is -0.379. The molecule has 0 aromatic heterocycles. The maximum Gasteiger partial charge on any atom is 0.328 e. The number of ether oxygens (including phenoxy) is 1. The first-order valence-electron chi connectivity index (χ1n) is 7.69. The molecule has 1 aliphatic rings. The smallest absolute Gasteiger partial charge is 0.328 e. The predicted molar refractivity (Wildman–Crippen MR) is 82.9 cm³/mol. The molecule has 0 aromatic rings. The van der Waals surface area contributed by atoms with E-state index in [0.717, 1.165) is 25.7 Å². The van der Waals surface area contributed by atoms with Crippen molar-refractivity contribution in [1.29, 1.82) is 0 Å². The van der Waals surface area contributed by atoms with Gasteiger partial charge in [-0.3, -0.25) is 4.79 Å². The fraction of sp³-hybridized carbons (Fsp3) is 0.867. The second-order valence-electron chi connectivity index (χ2n) is 5.50. The molecule has 0 radical (unpaired) electrons. The highest BCUT2D eigenvalue weighted by atomic mass is 32.1. The lowest BCUT2D eigenvalue weighted by atomic mass is 10.1. The summed E-state index contributed by atoms with van der Waals surface area (Å²) in [7, 11) is 0. The number of nitrogens with zero attached hydrogens (tertiary/aromatic N) is 1. The lowest BCUT2D eigenvalue weighted by Crippen LogP contribution is -2.44. The second kappa shape index (κ2) is 9.27. The average Bonchev–Trinajstić information content (AvgIpc) is 2.94. The Hall–Kier alpha value is -0.710. The van der Waals surface area contributed by atoms with Crippen LogP contribution < -0.4 is 0 Å². The third kappa shape index (κ3) is 5.00. The zero-order chi connectivity index (χ0) is 15.0. The molecule has 4 nitrogen and oxygen atoms in total. The number of esters is 1. The summed E-state index contributed by atoms with van der Waals surface area (Å²) in [6.45, 7) is 5.13. The van der Waals surface area contributed by atoms with E-state index in [4.69, 9.17) is 4.74 Å². The topological polar surface area (TPSA) is 46.6 Å². The van der Waals surface area contributed by atoms with Gasteiger partial charge in [0.15, 0.2) is 0 Å². The molecule has 1 heterocycles. The zero-order valence-corrected chi connectivity index (χ0v) is 13.5. The monoisotopic (exact) mass is 301 g/mol. The van der Waals surface area contributed by atoms with Gasteiger partial charge in [0.2, 0.25) is 5.91 Å². The van der Waals surface area contributed by atoms with E-state index < -0.39 is 0 Å². The Morgan fingerprint density at radius 1 is 1.35 bits per heavy atom. The highest BCUT2D eigenvalue weighted by Crippen LogP contribution is 2.21. The van der Waals surface area contributed by atoms with Crippen LogP contribution in [0.2, 0.25) is 0 Å². The molecule has 5 heteroatoms. The normalized spacial score (nSPS) is 19.9. The molecule has 0 aromatic carbocycles. The van der Waals surface area contributed by atoms with Gasteiger partial charge in [0.05, 0.1) is 6.61 Å². The molecule has 0 unspecified atom stereocenters. The van der Waals surface area contributed by atoms with Crippen molar-refractivity contribution in [2.75, 3.05) is 18.9 Å². The van der Waals surface area contributed by atoms with Crippen LogP contribution in [0.5, 0.6) is 0 Å². The van der Waals surface area contributed by atoms with E-state index in [0.29, 0.717) is 18.9 Å². The first-order chi connectivity index (χ1) is 9.61. The van der Waals surface area contributed by atoms with Crippen molar-refractivity contribution in [3.63, 3.8) is 0 Å². The minimum Gasteiger partial charge on any atom is -0.464 e. The summed E-state index contributed by atoms with van der Waals surface area (Å²) >= 11 is 4.15. The largest absolute Gasteiger partial charge is 0.464 e. The summed E-state index contributed by atoms with van der Waals surface area (Å²) in [5, 5.41) is 0. The van der Waals surface area contributed by atoms with Gasteiger partial charge in [-0.25, -0.2) is 4.79 Å². The summed E-state index contributed by atoms with van der Waals surface area (Å²) in [6.07, 6.45) is 5.94. The van der Waals surface area contributed by atoms with Crippen LogP contribution in [0.3, 0.4) is 0 Å². The van der Waals surface area contributed by atoms with Crippen LogP contribution in [0.25, 0.3) is 0 Å². The SMILES string of the molecule is CCCCCCOC(=O)[C@@H]1CCCN1C(=O)[C@H](C)CS. The third-order valence-electron chi connectivity index (χ3n) is 3.75. The molecule has 0 bridgehead atoms. The first kappa shape index (κ1) is 17.3. The van der Waals surface area contributed by atoms with E-state index in [1.54, 1.807) is 4.90 Å². The molecule has 0 spiro atoms. The quantitative estimate of drug-likeness (QED) is 0.426. The summed E-state index contributed by atoms with van der Waals surface area (Å²) < 4.78 is 5.31. The first-order valence-corrected chi connectivity index (χ1v) is 8.33. The van der Waals surface area contributed by atoms with E-state index in [1.165, 1.54) is 12.8 Å². The maximum atomic E-state index is 12.2. The van der Waals surface area contributed by atoms with Gasteiger partial charge in [-0.2, -0.15) is 12.6 Å². The molecule has 1 aliphatic heterocycles. The van der Waals surface area contributed by atoms with Gasteiger partial charge in [-0.1, -0.05) is 33.1 Å². The van der Waals surface area contributed by atoms with Gasteiger partial charge in [0, 0.05) is 18.2 Å². The molecule has 20 heavy (non-hydrogen) atoms. The Kier molecular flexibility index (Phi) is 8.04. The van der Waals surface area contributed by atoms with Crippen LogP contribution in [0.1, 0.15) is 52.4 Å². The number of hydrogen-bond acceptors (Lipinski definition) is 4. The van der Waals surface area contributed by atoms with E-state index in [9.17, 15) is 9.59 Å². The third-order valence-corrected chi connectivity index (χ3v) is 4.29. The lowest BCUT2D eigenvalue weighted by Gasteiger charge is -2.25. The van der Waals surface area contributed by atoms with Gasteiger partial charge in [0.1, 0.15) is 6.04 Å². The Morgan fingerprint density at radius 3 is 2.75 bits per heavy atom. The number of carbonyl (C=O) groups is 2. The van der Waals surface area contributed by atoms with Gasteiger partial charge >= 0.3 is 5.97 Å². The standard InChI is InChI=1S/C15H27NO3S/c1-3-4-5-6-10-19-15(18)13-8-7-9-16(13)14(17)12(2)11-20/h12-13,20H,3-11H2,1-2H3/t12-,13+/m1/s1. The molecule has 116 valence electrons. The average molecular weight is 301 g/mol. The number of likely N-dealkylation sites (tertiary alicyclic amines) is 1. The van der Waals surface area contributed by atoms with Crippen LogP contribution in [-0.2, 0) is 14.3 Å². The predicted octanol–water partition coefficient (Wildman–Crippen LogP) is 2.67. The van der Waals surface area contributed by atoms with Crippen molar-refractivity contribution in [2.45, 2.75) is 58.4 Å². The highest BCUT2D eigenvalue weighted by molar-refractivity contribution is 7.80. The number of carbonyl (C=O) groups excluding carboxylic acids is 2. The molecule has 2 atom stereocenters. The van der Waals surface area contributed by atoms with E-state index in [-0.39, 0.29) is 23.8 Å². The van der Waals surface area contributed by atoms with Crippen molar-refractivity contribution in [2.24, 2.45) is 5.92 Å². The Balaban J connectivity index is 2.40. The maximum absolute atomic E-state index is 12.2. The molecular weight excluding hydrogens is 274 g/mol. The van der Waals surface area contributed by atoms with E-state index in [2.05, 4.69) is 19.6 Å². The van der Waals surface area contributed by atoms with Crippen LogP contribution in [0.15, 0.2) is 0 Å². The Bertz CT molecular complexity index is 322. The Labute approximate surface area is 127 Å². The molecule has 0 aliphatic carbocycles. The van der Waals surface area contributed by atoms with Crippen molar-refractivity contribution in [3.05, 3.63) is 0 Å². The van der Waals surface area contributed by atoms with Crippen molar-refractivity contribution >= 4 is 24.5 Å². The van der Waals surface area contributed by atoms with Crippen LogP contribution >= 0.6 is 12.6 Å². The van der Waals surface area contributed by atoms with Gasteiger partial charge in [-0.15, -0.1) is 0 Å². The summed E-state index contributed by atoms with van der Waals surface area (Å²) in [4.78, 5) is 25.9. The van der Waals surface area contributed by atoms with Gasteiger partial charge < -0.3 is 9.64 Å². The second-order valence-corrected chi connectivity index (χ2v) is 5.87. The molecule has 0 saturated carbocycles. The molecular formula is C15H27NO3S. The van der Waals surface area contributed by atoms with Gasteiger partial charge in [0.25, 0.3) is 0 Å². The fourth-order valence-electron chi connectivity index (χ4n) is 2.43. The van der Waals surface area contributed by atoms with Crippen molar-refractivity contribution < 1.29 is 14.3 Å². The van der Waals surface area contributed by atoms with Crippen LogP contribution in [0, 0.1) is 5.92 Å². The minimum absolute atomic E-state index is 0.0189. The molecule has 1 amide bonds. The molecule has 1 fully saturated rings. The number of amides is 1. The van der Waals surface area contributed by atoms with Crippen LogP contribution in [-0.4, -0.2) is 41.7 Å². The number of rotatable bonds is 8. The molecule has 1 saturated heterocycles. The summed E-state index contributed by atoms with van der Waals surface area (Å²) in [6, 6.07) is -0.379. The molecule has 1 rings (SSSR count). The summed E-state index contributed by atoms with van der Waals surface area (Å²) in [5.74, 6) is 0.147. The van der Waals surface area contributed by atoms with Crippen LogP contribution in [0.4, 0.5) is 0 Å². The van der Waals surface area contributed by atoms with E-state index in [1.807, 2.05) is 6.92 Å². The summed E-state index contributed by atoms with van der Waals surface area (Å²) in [5.41, 5.74) is 0. The highest BCUT2D eigenvalue weighted by Gasteiger charge is 2.36. The lowest BCUT2D eigenvalue weighted by molar-refractivity contribution is -0.154. The van der Waals surface area contributed by atoms with Crippen molar-refractivity contribution in [3.8, 4) is 0 Å². The zero-order valence-electron chi connectivity index (χ0n) is 12.6.